The molecule has 110 valence electrons. The van der Waals surface area contributed by atoms with Crippen LogP contribution in [0.15, 0.2) is 24.3 Å². The van der Waals surface area contributed by atoms with Crippen molar-refractivity contribution in [2.24, 2.45) is 0 Å². The molecule has 6 heteroatoms. The van der Waals surface area contributed by atoms with Gasteiger partial charge in [0.1, 0.15) is 5.75 Å². The Balaban J connectivity index is 1.96. The second kappa shape index (κ2) is 6.26. The fourth-order valence-corrected chi connectivity index (χ4v) is 3.70. The average Bonchev–Trinajstić information content (AvgIpc) is 2.41. The molecule has 1 saturated heterocycles. The number of anilines is 1. The zero-order valence-electron chi connectivity index (χ0n) is 11.4. The Bertz CT molecular complexity index is 561. The molecule has 1 aliphatic rings. The number of likely N-dealkylation sites (tertiary alicyclic amines) is 1. The Kier molecular flexibility index (Phi) is 4.65. The average molecular weight is 296 g/mol. The van der Waals surface area contributed by atoms with E-state index >= 15 is 0 Å². The fraction of sp³-hybridized carbons (Fsp3) is 0.500. The van der Waals surface area contributed by atoms with Crippen molar-refractivity contribution < 1.29 is 13.2 Å². The third-order valence-corrected chi connectivity index (χ3v) is 4.88. The van der Waals surface area contributed by atoms with Gasteiger partial charge in [-0.05, 0) is 37.0 Å². The summed E-state index contributed by atoms with van der Waals surface area (Å²) in [6.07, 6.45) is 3.04. The van der Waals surface area contributed by atoms with Crippen LogP contribution in [0, 0.1) is 0 Å². The van der Waals surface area contributed by atoms with Crippen LogP contribution in [-0.4, -0.2) is 38.1 Å². The molecular formula is C14H20N2O3S. The van der Waals surface area contributed by atoms with E-state index in [1.54, 1.807) is 29.2 Å². The van der Waals surface area contributed by atoms with Gasteiger partial charge in [-0.25, -0.2) is 8.42 Å². The molecule has 0 radical (unpaired) electrons. The highest BCUT2D eigenvalue weighted by Gasteiger charge is 2.23. The molecule has 1 heterocycles. The van der Waals surface area contributed by atoms with E-state index in [0.29, 0.717) is 24.3 Å². The van der Waals surface area contributed by atoms with E-state index in [2.05, 4.69) is 0 Å². The number of carbonyl (C=O) groups excluding carboxylic acids is 1. The number of hydrogen-bond donors (Lipinski definition) is 1. The highest BCUT2D eigenvalue weighted by Crippen LogP contribution is 2.13. The molecule has 1 fully saturated rings. The molecule has 2 N–H and O–H groups in total. The van der Waals surface area contributed by atoms with E-state index in [4.69, 9.17) is 5.73 Å². The molecule has 0 aromatic heterocycles. The van der Waals surface area contributed by atoms with Crippen molar-refractivity contribution in [1.82, 2.24) is 4.90 Å². The summed E-state index contributed by atoms with van der Waals surface area (Å²) < 4.78 is 24.1. The molecule has 1 aromatic carbocycles. The van der Waals surface area contributed by atoms with Gasteiger partial charge in [0, 0.05) is 18.8 Å². The first kappa shape index (κ1) is 14.8. The second-order valence-electron chi connectivity index (χ2n) is 5.22. The Morgan fingerprint density at radius 2 is 1.70 bits per heavy atom. The maximum Gasteiger partial charge on any atom is 0.237 e. The van der Waals surface area contributed by atoms with Crippen molar-refractivity contribution in [3.05, 3.63) is 29.8 Å². The Morgan fingerprint density at radius 3 is 2.30 bits per heavy atom. The van der Waals surface area contributed by atoms with Crippen LogP contribution in [0.4, 0.5) is 5.69 Å². The first-order chi connectivity index (χ1) is 9.46. The molecule has 0 bridgehead atoms. The topological polar surface area (TPSA) is 80.5 Å². The monoisotopic (exact) mass is 296 g/mol. The van der Waals surface area contributed by atoms with E-state index < -0.39 is 15.6 Å². The summed E-state index contributed by atoms with van der Waals surface area (Å²) in [5.74, 6) is -0.801. The van der Waals surface area contributed by atoms with Crippen LogP contribution in [0.2, 0.25) is 0 Å². The minimum Gasteiger partial charge on any atom is -0.399 e. The predicted octanol–water partition coefficient (Wildman–Crippen LogP) is 1.20. The summed E-state index contributed by atoms with van der Waals surface area (Å²) in [7, 11) is -3.43. The van der Waals surface area contributed by atoms with Gasteiger partial charge in [0.25, 0.3) is 0 Å². The number of carbonyl (C=O) groups is 1. The maximum absolute atomic E-state index is 12.1. The van der Waals surface area contributed by atoms with Gasteiger partial charge < -0.3 is 10.6 Å². The van der Waals surface area contributed by atoms with Crippen molar-refractivity contribution in [3.8, 4) is 0 Å². The molecular weight excluding hydrogens is 276 g/mol. The Hall–Kier alpha value is -1.56. The summed E-state index contributed by atoms with van der Waals surface area (Å²) >= 11 is 0. The standard InChI is InChI=1S/C14H20N2O3S/c15-13-6-4-12(5-7-13)10-20(18,19)11-14(17)16-8-2-1-3-9-16/h4-7H,1-3,8-11,15H2. The van der Waals surface area contributed by atoms with E-state index in [9.17, 15) is 13.2 Å². The number of rotatable bonds is 4. The number of nitrogens with two attached hydrogens (primary N) is 1. The van der Waals surface area contributed by atoms with E-state index in [-0.39, 0.29) is 11.7 Å². The number of nitrogen functional groups attached to an aromatic ring is 1. The molecule has 0 atom stereocenters. The third kappa shape index (κ3) is 4.23. The van der Waals surface area contributed by atoms with Crippen molar-refractivity contribution in [1.29, 1.82) is 0 Å². The molecule has 0 spiro atoms. The molecule has 1 amide bonds. The summed E-state index contributed by atoms with van der Waals surface area (Å²) in [5.41, 5.74) is 6.81. The number of piperidine rings is 1. The van der Waals surface area contributed by atoms with E-state index in [1.165, 1.54) is 0 Å². The van der Waals surface area contributed by atoms with Crippen LogP contribution < -0.4 is 5.73 Å². The van der Waals surface area contributed by atoms with Gasteiger partial charge in [-0.1, -0.05) is 12.1 Å². The van der Waals surface area contributed by atoms with Gasteiger partial charge in [-0.3, -0.25) is 4.79 Å². The lowest BCUT2D eigenvalue weighted by molar-refractivity contribution is -0.129. The molecule has 2 rings (SSSR count). The van der Waals surface area contributed by atoms with Gasteiger partial charge in [-0.2, -0.15) is 0 Å². The van der Waals surface area contributed by atoms with Crippen LogP contribution >= 0.6 is 0 Å². The number of nitrogens with zero attached hydrogens (tertiary/aromatic N) is 1. The zero-order chi connectivity index (χ0) is 14.6. The molecule has 0 saturated carbocycles. The van der Waals surface area contributed by atoms with Crippen molar-refractivity contribution in [2.45, 2.75) is 25.0 Å². The molecule has 0 aliphatic carbocycles. The first-order valence-corrected chi connectivity index (χ1v) is 8.61. The quantitative estimate of drug-likeness (QED) is 0.847. The zero-order valence-corrected chi connectivity index (χ0v) is 12.2. The number of benzene rings is 1. The molecule has 0 unspecified atom stereocenters. The van der Waals surface area contributed by atoms with Gasteiger partial charge in [0.05, 0.1) is 5.75 Å². The SMILES string of the molecule is Nc1ccc(CS(=O)(=O)CC(=O)N2CCCCC2)cc1. The van der Waals surface area contributed by atoms with Crippen molar-refractivity contribution in [2.75, 3.05) is 24.6 Å². The highest BCUT2D eigenvalue weighted by molar-refractivity contribution is 7.91. The fourth-order valence-electron chi connectivity index (χ4n) is 2.34. The van der Waals surface area contributed by atoms with Crippen LogP contribution in [0.1, 0.15) is 24.8 Å². The minimum atomic E-state index is -3.43. The number of amides is 1. The van der Waals surface area contributed by atoms with E-state index in [0.717, 1.165) is 19.3 Å². The number of sulfone groups is 1. The van der Waals surface area contributed by atoms with Gasteiger partial charge in [0.15, 0.2) is 9.84 Å². The molecule has 1 aliphatic heterocycles. The van der Waals surface area contributed by atoms with Gasteiger partial charge in [-0.15, -0.1) is 0 Å². The summed E-state index contributed by atoms with van der Waals surface area (Å²) in [6, 6.07) is 6.69. The summed E-state index contributed by atoms with van der Waals surface area (Å²) in [4.78, 5) is 13.6. The lowest BCUT2D eigenvalue weighted by Crippen LogP contribution is -2.39. The van der Waals surface area contributed by atoms with Gasteiger partial charge in [0.2, 0.25) is 5.91 Å². The van der Waals surface area contributed by atoms with Gasteiger partial charge >= 0.3 is 0 Å². The van der Waals surface area contributed by atoms with Crippen molar-refractivity contribution >= 4 is 21.4 Å². The lowest BCUT2D eigenvalue weighted by atomic mass is 10.1. The van der Waals surface area contributed by atoms with Crippen molar-refractivity contribution in [3.63, 3.8) is 0 Å². The first-order valence-electron chi connectivity index (χ1n) is 6.79. The van der Waals surface area contributed by atoms with E-state index in [1.807, 2.05) is 0 Å². The van der Waals surface area contributed by atoms with Crippen LogP contribution in [0.5, 0.6) is 0 Å². The third-order valence-electron chi connectivity index (χ3n) is 3.42. The van der Waals surface area contributed by atoms with Crippen LogP contribution in [0.25, 0.3) is 0 Å². The van der Waals surface area contributed by atoms with Crippen LogP contribution in [-0.2, 0) is 20.4 Å². The number of hydrogen-bond acceptors (Lipinski definition) is 4. The molecule has 20 heavy (non-hydrogen) atoms. The van der Waals surface area contributed by atoms with Crippen LogP contribution in [0.3, 0.4) is 0 Å². The smallest absolute Gasteiger partial charge is 0.237 e. The highest BCUT2D eigenvalue weighted by atomic mass is 32.2. The lowest BCUT2D eigenvalue weighted by Gasteiger charge is -2.26. The normalized spacial score (nSPS) is 16.1. The summed E-state index contributed by atoms with van der Waals surface area (Å²) in [5, 5.41) is 0. The Morgan fingerprint density at radius 1 is 1.10 bits per heavy atom. The largest absolute Gasteiger partial charge is 0.399 e. The summed E-state index contributed by atoms with van der Waals surface area (Å²) in [6.45, 7) is 1.35. The maximum atomic E-state index is 12.1. The second-order valence-corrected chi connectivity index (χ2v) is 7.28. The Labute approximate surface area is 119 Å². The molecule has 1 aromatic rings. The minimum absolute atomic E-state index is 0.118. The predicted molar refractivity (Wildman–Crippen MR) is 78.8 cm³/mol. The molecule has 5 nitrogen and oxygen atoms in total.